The quantitative estimate of drug-likeness (QED) is 0.294. The van der Waals surface area contributed by atoms with Crippen molar-refractivity contribution in [3.05, 3.63) is 28.4 Å². The lowest BCUT2D eigenvalue weighted by Gasteiger charge is -2.16. The summed E-state index contributed by atoms with van der Waals surface area (Å²) in [5.41, 5.74) is 0.626. The van der Waals surface area contributed by atoms with Gasteiger partial charge in [0, 0.05) is 35.6 Å². The zero-order valence-electron chi connectivity index (χ0n) is 19.3. The Morgan fingerprint density at radius 3 is 2.00 bits per heavy atom. The van der Waals surface area contributed by atoms with Crippen LogP contribution in [0.4, 0.5) is 0 Å². The Bertz CT molecular complexity index is 925. The number of esters is 1. The topological polar surface area (TPSA) is 84.6 Å². The van der Waals surface area contributed by atoms with Gasteiger partial charge in [0.05, 0.1) is 7.11 Å². The van der Waals surface area contributed by atoms with Gasteiger partial charge in [0.1, 0.15) is 36.4 Å². The zero-order valence-corrected chi connectivity index (χ0v) is 21.3. The van der Waals surface area contributed by atoms with Crippen LogP contribution in [0.3, 0.4) is 0 Å². The number of aromatic nitrogens is 3. The average molecular weight is 454 g/mol. The predicted molar refractivity (Wildman–Crippen MR) is 124 cm³/mol. The predicted octanol–water partition coefficient (Wildman–Crippen LogP) is 3.61. The van der Waals surface area contributed by atoms with Crippen LogP contribution in [0.5, 0.6) is 0 Å². The van der Waals surface area contributed by atoms with Gasteiger partial charge in [-0.2, -0.15) is 0 Å². The number of carbonyl (C=O) groups excluding carboxylic acids is 1. The molecule has 2 aromatic heterocycles. The maximum atomic E-state index is 13.1. The summed E-state index contributed by atoms with van der Waals surface area (Å²) in [4.78, 5) is 29.6. The Balaban J connectivity index is 2.25. The highest BCUT2D eigenvalue weighted by Gasteiger charge is 2.21. The second-order valence-electron chi connectivity index (χ2n) is 9.92. The van der Waals surface area contributed by atoms with Crippen molar-refractivity contribution in [2.45, 2.75) is 64.8 Å². The molecule has 168 valence electrons. The maximum Gasteiger partial charge on any atom is 0.341 e. The van der Waals surface area contributed by atoms with E-state index in [0.717, 1.165) is 12.1 Å². The van der Waals surface area contributed by atoms with Crippen LogP contribution in [0.25, 0.3) is 11.0 Å². The lowest BCUT2D eigenvalue weighted by atomic mass is 10.3. The van der Waals surface area contributed by atoms with Crippen molar-refractivity contribution in [1.29, 1.82) is 0 Å². The van der Waals surface area contributed by atoms with E-state index in [-0.39, 0.29) is 24.6 Å². The summed E-state index contributed by atoms with van der Waals surface area (Å²) < 4.78 is 19.4. The first-order chi connectivity index (χ1) is 13.9. The minimum atomic E-state index is -1.22. The number of rotatable bonds is 11. The molecule has 0 aliphatic heterocycles. The highest BCUT2D eigenvalue weighted by Crippen LogP contribution is 2.18. The fourth-order valence-corrected chi connectivity index (χ4v) is 4.26. The fraction of sp³-hybridized carbons (Fsp3) is 0.650. The van der Waals surface area contributed by atoms with Crippen LogP contribution in [-0.2, 0) is 27.7 Å². The molecule has 2 rings (SSSR count). The number of hydrogen-bond donors (Lipinski definition) is 0. The Morgan fingerprint density at radius 2 is 1.50 bits per heavy atom. The molecule has 0 amide bonds. The molecule has 0 saturated heterocycles. The normalized spacial score (nSPS) is 12.5. The molecule has 0 spiro atoms. The van der Waals surface area contributed by atoms with E-state index in [1.807, 2.05) is 0 Å². The molecule has 0 aliphatic rings. The molecule has 30 heavy (non-hydrogen) atoms. The third-order valence-electron chi connectivity index (χ3n) is 4.70. The van der Waals surface area contributed by atoms with Crippen molar-refractivity contribution in [2.75, 3.05) is 20.3 Å². The van der Waals surface area contributed by atoms with E-state index in [0.29, 0.717) is 24.2 Å². The average Bonchev–Trinajstić information content (AvgIpc) is 3.01. The van der Waals surface area contributed by atoms with Crippen LogP contribution >= 0.6 is 0 Å². The van der Waals surface area contributed by atoms with E-state index >= 15 is 0 Å². The lowest BCUT2D eigenvalue weighted by molar-refractivity contribution is 0.0600. The van der Waals surface area contributed by atoms with Crippen LogP contribution in [0.2, 0.25) is 51.4 Å². The van der Waals surface area contributed by atoms with E-state index in [1.165, 1.54) is 18.0 Å². The second-order valence-corrected chi connectivity index (χ2v) is 21.2. The van der Waals surface area contributed by atoms with Crippen LogP contribution in [0, 0.1) is 0 Å². The van der Waals surface area contributed by atoms with Gasteiger partial charge >= 0.3 is 5.97 Å². The number of nitrogens with zero attached hydrogens (tertiary/aromatic N) is 3. The zero-order chi connectivity index (χ0) is 22.5. The molecule has 8 nitrogen and oxygen atoms in total. The van der Waals surface area contributed by atoms with E-state index in [4.69, 9.17) is 14.2 Å². The van der Waals surface area contributed by atoms with Gasteiger partial charge < -0.3 is 18.8 Å². The van der Waals surface area contributed by atoms with E-state index < -0.39 is 22.1 Å². The molecule has 0 unspecified atom stereocenters. The molecule has 0 fully saturated rings. The van der Waals surface area contributed by atoms with Crippen molar-refractivity contribution in [2.24, 2.45) is 0 Å². The molecule has 10 heteroatoms. The Hall–Kier alpha value is -1.76. The van der Waals surface area contributed by atoms with Gasteiger partial charge in [0.2, 0.25) is 0 Å². The fourth-order valence-electron chi connectivity index (χ4n) is 2.75. The number of hydrogen-bond acceptors (Lipinski definition) is 6. The minimum Gasteiger partial charge on any atom is -0.465 e. The monoisotopic (exact) mass is 453 g/mol. The Kier molecular flexibility index (Phi) is 8.20. The van der Waals surface area contributed by atoms with E-state index in [2.05, 4.69) is 44.3 Å². The van der Waals surface area contributed by atoms with Crippen LogP contribution in [0.1, 0.15) is 10.4 Å². The molecule has 0 aliphatic carbocycles. The summed E-state index contributed by atoms with van der Waals surface area (Å²) in [5.74, 6) is -0.531. The van der Waals surface area contributed by atoms with Crippen molar-refractivity contribution in [1.82, 2.24) is 14.1 Å². The molecule has 0 atom stereocenters. The van der Waals surface area contributed by atoms with Gasteiger partial charge in [-0.25, -0.2) is 9.78 Å². The highest BCUT2D eigenvalue weighted by molar-refractivity contribution is 6.76. The molecular formula is C20H35N3O5Si2. The van der Waals surface area contributed by atoms with Crippen molar-refractivity contribution in [3.8, 4) is 0 Å². The summed E-state index contributed by atoms with van der Waals surface area (Å²) >= 11 is 0. The lowest BCUT2D eigenvalue weighted by Crippen LogP contribution is -2.26. The molecular weight excluding hydrogens is 418 g/mol. The summed E-state index contributed by atoms with van der Waals surface area (Å²) in [6.45, 7) is 15.2. The van der Waals surface area contributed by atoms with Gasteiger partial charge in [-0.05, 0) is 12.1 Å². The van der Waals surface area contributed by atoms with Crippen LogP contribution in [-0.4, -0.2) is 56.6 Å². The smallest absolute Gasteiger partial charge is 0.341 e. The van der Waals surface area contributed by atoms with Crippen molar-refractivity contribution < 1.29 is 19.0 Å². The SMILES string of the molecule is COC(=O)c1cn(COCC[Si](C)(C)C)c2c(=O)n(COCC[Si](C)(C)C)cnc12. The first-order valence-corrected chi connectivity index (χ1v) is 17.7. The van der Waals surface area contributed by atoms with Crippen molar-refractivity contribution in [3.63, 3.8) is 0 Å². The van der Waals surface area contributed by atoms with Gasteiger partial charge in [-0.1, -0.05) is 39.3 Å². The number of methoxy groups -OCH3 is 1. The van der Waals surface area contributed by atoms with E-state index in [1.54, 1.807) is 10.8 Å². The molecule has 0 bridgehead atoms. The number of ether oxygens (including phenoxy) is 3. The highest BCUT2D eigenvalue weighted by atomic mass is 28.3. The maximum absolute atomic E-state index is 13.1. The van der Waals surface area contributed by atoms with Crippen LogP contribution in [0.15, 0.2) is 17.3 Å². The molecule has 0 radical (unpaired) electrons. The third-order valence-corrected chi connectivity index (χ3v) is 8.11. The minimum absolute atomic E-state index is 0.126. The van der Waals surface area contributed by atoms with E-state index in [9.17, 15) is 9.59 Å². The molecule has 0 aromatic carbocycles. The van der Waals surface area contributed by atoms with Crippen molar-refractivity contribution >= 4 is 33.2 Å². The van der Waals surface area contributed by atoms with Gasteiger partial charge in [0.25, 0.3) is 5.56 Å². The van der Waals surface area contributed by atoms with Crippen LogP contribution < -0.4 is 5.56 Å². The number of fused-ring (bicyclic) bond motifs is 1. The first-order valence-electron chi connectivity index (χ1n) is 10.2. The molecule has 0 N–H and O–H groups in total. The Labute approximate surface area is 180 Å². The summed E-state index contributed by atoms with van der Waals surface area (Å²) in [5, 5.41) is 0. The largest absolute Gasteiger partial charge is 0.465 e. The summed E-state index contributed by atoms with van der Waals surface area (Å²) in [6.07, 6.45) is 3.00. The van der Waals surface area contributed by atoms with Gasteiger partial charge in [-0.3, -0.25) is 9.36 Å². The third kappa shape index (κ3) is 6.90. The molecule has 2 heterocycles. The Morgan fingerprint density at radius 1 is 0.967 bits per heavy atom. The second kappa shape index (κ2) is 10.0. The first kappa shape index (κ1) is 24.5. The molecule has 0 saturated carbocycles. The standard InChI is InChI=1S/C20H35N3O5Si2/c1-26-20(25)16-12-22(14-27-8-10-29(2,3)4)18-17(16)21-13-23(19(18)24)15-28-9-11-30(5,6)7/h12-13H,8-11,14-15H2,1-7H3. The molecule has 2 aromatic rings. The summed E-state index contributed by atoms with van der Waals surface area (Å²) in [6, 6.07) is 2.04. The number of carbonyl (C=O) groups is 1. The van der Waals surface area contributed by atoms with Gasteiger partial charge in [0.15, 0.2) is 0 Å². The van der Waals surface area contributed by atoms with Gasteiger partial charge in [-0.15, -0.1) is 0 Å². The summed E-state index contributed by atoms with van der Waals surface area (Å²) in [7, 11) is -1.12.